The Morgan fingerprint density at radius 1 is 1.82 bits per heavy atom. The number of rotatable bonds is 3. The van der Waals surface area contributed by atoms with E-state index in [1.54, 1.807) is 0 Å². The lowest BCUT2D eigenvalue weighted by Gasteiger charge is -2.09. The van der Waals surface area contributed by atoms with Crippen LogP contribution in [0.1, 0.15) is 0 Å². The van der Waals surface area contributed by atoms with Crippen LogP contribution in [-0.4, -0.2) is 11.7 Å². The second kappa shape index (κ2) is 5.07. The number of hydrogen-bond acceptors (Lipinski definition) is 3. The van der Waals surface area contributed by atoms with Crippen LogP contribution in [0.25, 0.3) is 0 Å². The molecule has 0 atom stereocenters. The fourth-order valence-electron chi connectivity index (χ4n) is 0.624. The summed E-state index contributed by atoms with van der Waals surface area (Å²) >= 11 is 2.04. The van der Waals surface area contributed by atoms with Crippen LogP contribution in [0.4, 0.5) is 0 Å². The van der Waals surface area contributed by atoms with Gasteiger partial charge < -0.3 is 10.1 Å². The van der Waals surface area contributed by atoms with Crippen molar-refractivity contribution in [3.8, 4) is 0 Å². The van der Waals surface area contributed by atoms with Gasteiger partial charge in [-0.1, -0.05) is 0 Å². The minimum Gasteiger partial charge on any atom is -0.479 e. The van der Waals surface area contributed by atoms with E-state index in [1.165, 1.54) is 0 Å². The van der Waals surface area contributed by atoms with Crippen molar-refractivity contribution in [2.75, 3.05) is 11.7 Å². The normalized spacial score (nSPS) is 16.2. The third kappa shape index (κ3) is 2.69. The maximum Gasteiger partial charge on any atom is 0.174 e. The van der Waals surface area contributed by atoms with Crippen LogP contribution in [0.3, 0.4) is 0 Å². The van der Waals surface area contributed by atoms with Crippen molar-refractivity contribution in [2.45, 2.75) is 0 Å². The van der Waals surface area contributed by atoms with Crippen LogP contribution in [0, 0.1) is 0 Å². The summed E-state index contributed by atoms with van der Waals surface area (Å²) in [4.78, 5) is 0. The zero-order valence-corrected chi connectivity index (χ0v) is 10.3. The second-order valence-corrected chi connectivity index (χ2v) is 4.07. The van der Waals surface area contributed by atoms with Crippen molar-refractivity contribution >= 4 is 43.6 Å². The molecule has 0 amide bonds. The summed E-state index contributed by atoms with van der Waals surface area (Å²) in [5.41, 5.74) is 0. The van der Waals surface area contributed by atoms with Crippen LogP contribution < -0.4 is 5.32 Å². The number of nitrogens with one attached hydrogen (secondary N) is 1. The molecule has 62 valence electrons. The fraction of sp³-hybridized carbons (Fsp3) is 0.333. The lowest BCUT2D eigenvalue weighted by Crippen LogP contribution is -2.07. The predicted octanol–water partition coefficient (Wildman–Crippen LogP) is 2.47. The molecule has 1 aliphatic rings. The second-order valence-electron chi connectivity index (χ2n) is 1.69. The molecule has 0 spiro atoms. The molecule has 1 N–H and O–H groups in total. The molecule has 0 aromatic carbocycles. The van der Waals surface area contributed by atoms with Gasteiger partial charge >= 0.3 is 0 Å². The number of alkyl halides is 1. The first kappa shape index (κ1) is 9.43. The summed E-state index contributed by atoms with van der Waals surface area (Å²) in [5, 5.41) is 3.00. The van der Waals surface area contributed by atoms with E-state index in [-0.39, 0.29) is 21.0 Å². The van der Waals surface area contributed by atoms with Gasteiger partial charge in [0.15, 0.2) is 11.6 Å². The molecule has 0 aromatic rings. The lowest BCUT2D eigenvalue weighted by molar-refractivity contribution is 0.290. The number of allylic oxidation sites excluding steroid dienone is 1. The molecule has 5 heteroatoms. The Hall–Kier alpha value is 0.340. The molecule has 0 fully saturated rings. The van der Waals surface area contributed by atoms with Crippen molar-refractivity contribution in [3.05, 3.63) is 21.7 Å². The molecule has 11 heavy (non-hydrogen) atoms. The average molecular weight is 378 g/mol. The van der Waals surface area contributed by atoms with E-state index in [4.69, 9.17) is 4.74 Å². The zero-order chi connectivity index (χ0) is 8.10. The van der Waals surface area contributed by atoms with Gasteiger partial charge in [-0.15, -0.1) is 0 Å². The smallest absolute Gasteiger partial charge is 0.174 e. The van der Waals surface area contributed by atoms with Crippen molar-refractivity contribution in [1.82, 2.24) is 5.32 Å². The summed E-state index contributed by atoms with van der Waals surface area (Å²) in [7, 11) is 1.86. The topological polar surface area (TPSA) is 33.6 Å². The highest BCUT2D eigenvalue weighted by Gasteiger charge is 2.03. The first-order chi connectivity index (χ1) is 5.38. The summed E-state index contributed by atoms with van der Waals surface area (Å²) in [6, 6.07) is 0. The lowest BCUT2D eigenvalue weighted by atomic mass is 10.5. The predicted molar refractivity (Wildman–Crippen MR) is 61.6 cm³/mol. The van der Waals surface area contributed by atoms with Crippen LogP contribution in [0.15, 0.2) is 24.9 Å². The minimum atomic E-state index is -0.129. The van der Waals surface area contributed by atoms with Gasteiger partial charge in [0.25, 0.3) is 0 Å². The Bertz CT molecular complexity index is 223. The van der Waals surface area contributed by atoms with Gasteiger partial charge in [0, 0.05) is 28.1 Å². The summed E-state index contributed by atoms with van der Waals surface area (Å²) in [5.74, 6) is 1.74. The third-order valence-electron chi connectivity index (χ3n) is 1.08. The molecule has 1 rings (SSSR count). The molecule has 0 bridgehead atoms. The highest BCUT2D eigenvalue weighted by molar-refractivity contribution is 14.2. The van der Waals surface area contributed by atoms with Gasteiger partial charge in [0.1, 0.15) is 4.61 Å². The number of nitrogens with zero attached hydrogens (tertiary/aromatic N) is 1. The number of ether oxygens (including phenoxy) is 1. The summed E-state index contributed by atoms with van der Waals surface area (Å²) in [6.45, 7) is 0. The average Bonchev–Trinajstić information content (AvgIpc) is 2.06. The van der Waals surface area contributed by atoms with Gasteiger partial charge in [0.05, 0.1) is 0 Å². The Morgan fingerprint density at radius 3 is 3.27 bits per heavy atom. The van der Waals surface area contributed by atoms with Crippen LogP contribution in [-0.2, 0) is 4.74 Å². The molecule has 0 aromatic heterocycles. The maximum absolute atomic E-state index is 5.33. The van der Waals surface area contributed by atoms with E-state index in [1.807, 2.05) is 13.1 Å². The Balaban J connectivity index is 2.76. The van der Waals surface area contributed by atoms with Crippen LogP contribution in [0.2, 0.25) is 0 Å². The van der Waals surface area contributed by atoms with E-state index in [0.717, 1.165) is 11.6 Å². The number of hydrogen-bond donors (Lipinski definition) is 1. The van der Waals surface area contributed by atoms with Gasteiger partial charge in [0.2, 0.25) is 0 Å². The zero-order valence-electron chi connectivity index (χ0n) is 5.97. The van der Waals surface area contributed by atoms with Crippen molar-refractivity contribution in [2.24, 2.45) is 3.15 Å². The van der Waals surface area contributed by atoms with Crippen molar-refractivity contribution in [1.29, 1.82) is 0 Å². The van der Waals surface area contributed by atoms with Gasteiger partial charge in [-0.25, -0.2) is 3.15 Å². The molecule has 3 nitrogen and oxygen atoms in total. The van der Waals surface area contributed by atoms with Crippen LogP contribution in [0.5, 0.6) is 0 Å². The largest absolute Gasteiger partial charge is 0.479 e. The molecule has 0 saturated carbocycles. The third-order valence-corrected chi connectivity index (χ3v) is 2.84. The molecular weight excluding hydrogens is 370 g/mol. The number of halogens is 2. The molecule has 0 saturated heterocycles. The molecular formula is C6H8I2N2O. The molecule has 0 unspecified atom stereocenters. The first-order valence-electron chi connectivity index (χ1n) is 2.99. The van der Waals surface area contributed by atoms with E-state index < -0.39 is 0 Å². The highest BCUT2D eigenvalue weighted by atomic mass is 127. The minimum absolute atomic E-state index is 0.129. The molecule has 0 aliphatic carbocycles. The first-order valence-corrected chi connectivity index (χ1v) is 6.73. The SMILES string of the molecule is CNC1=C(OCI)C=CI=N1. The van der Waals surface area contributed by atoms with Crippen molar-refractivity contribution < 1.29 is 4.74 Å². The van der Waals surface area contributed by atoms with E-state index in [9.17, 15) is 0 Å². The molecule has 1 aliphatic heterocycles. The van der Waals surface area contributed by atoms with E-state index in [2.05, 4.69) is 35.1 Å². The maximum atomic E-state index is 5.33. The standard InChI is InChI=1S/C6H8I2N2O/c1-9-6-5(11-4-7)2-3-8-10-6/h2-3H,4H2,1H3,(H,9,10). The fourth-order valence-corrected chi connectivity index (χ4v) is 2.36. The highest BCUT2D eigenvalue weighted by Crippen LogP contribution is 2.20. The molecule has 0 radical (unpaired) electrons. The monoisotopic (exact) mass is 378 g/mol. The Labute approximate surface area is 89.6 Å². The molecule has 1 heterocycles. The van der Waals surface area contributed by atoms with Gasteiger partial charge in [-0.05, 0) is 32.7 Å². The van der Waals surface area contributed by atoms with Gasteiger partial charge in [-0.3, -0.25) is 0 Å². The Kier molecular flexibility index (Phi) is 4.34. The van der Waals surface area contributed by atoms with E-state index in [0.29, 0.717) is 4.61 Å². The summed E-state index contributed by atoms with van der Waals surface area (Å²) in [6.07, 6.45) is 1.99. The quantitative estimate of drug-likeness (QED) is 0.605. The Morgan fingerprint density at radius 2 is 2.64 bits per heavy atom. The van der Waals surface area contributed by atoms with Gasteiger partial charge in [-0.2, -0.15) is 0 Å². The summed E-state index contributed by atoms with van der Waals surface area (Å²) < 4.78 is 12.4. The van der Waals surface area contributed by atoms with E-state index >= 15 is 0 Å². The van der Waals surface area contributed by atoms with Crippen molar-refractivity contribution in [3.63, 3.8) is 0 Å². The van der Waals surface area contributed by atoms with Crippen LogP contribution >= 0.6 is 43.6 Å².